The van der Waals surface area contributed by atoms with Gasteiger partial charge in [-0.1, -0.05) is 11.3 Å². The summed E-state index contributed by atoms with van der Waals surface area (Å²) in [5.74, 6) is 1.87. The summed E-state index contributed by atoms with van der Waals surface area (Å²) in [6.07, 6.45) is 0. The molecular formula is C12H15N3O3S. The molecular weight excluding hydrogens is 266 g/mol. The van der Waals surface area contributed by atoms with Crippen molar-refractivity contribution < 1.29 is 14.2 Å². The molecule has 1 heterocycles. The lowest BCUT2D eigenvalue weighted by atomic mass is 10.2. The van der Waals surface area contributed by atoms with Gasteiger partial charge in [-0.3, -0.25) is 0 Å². The van der Waals surface area contributed by atoms with Crippen LogP contribution in [0.15, 0.2) is 12.1 Å². The highest BCUT2D eigenvalue weighted by molar-refractivity contribution is 7.14. The van der Waals surface area contributed by atoms with Gasteiger partial charge >= 0.3 is 0 Å². The molecule has 2 N–H and O–H groups in total. The number of rotatable bonds is 5. The van der Waals surface area contributed by atoms with Crippen molar-refractivity contribution in [2.45, 2.75) is 6.54 Å². The number of nitrogens with two attached hydrogens (primary N) is 1. The summed E-state index contributed by atoms with van der Waals surface area (Å²) >= 11 is 1.42. The highest BCUT2D eigenvalue weighted by Crippen LogP contribution is 2.40. The number of hydrogen-bond acceptors (Lipinski definition) is 7. The molecule has 1 aromatic heterocycles. The van der Waals surface area contributed by atoms with Crippen LogP contribution in [0.1, 0.15) is 5.01 Å². The molecule has 102 valence electrons. The van der Waals surface area contributed by atoms with Gasteiger partial charge < -0.3 is 19.9 Å². The lowest BCUT2D eigenvalue weighted by molar-refractivity contribution is 0.349. The van der Waals surface area contributed by atoms with Gasteiger partial charge in [0.05, 0.1) is 26.9 Å². The minimum Gasteiger partial charge on any atom is -0.496 e. The van der Waals surface area contributed by atoms with Crippen LogP contribution in [-0.4, -0.2) is 31.5 Å². The van der Waals surface area contributed by atoms with Crippen LogP contribution in [0.3, 0.4) is 0 Å². The van der Waals surface area contributed by atoms with Crippen LogP contribution in [0.4, 0.5) is 0 Å². The predicted molar refractivity (Wildman–Crippen MR) is 72.9 cm³/mol. The molecule has 0 spiro atoms. The summed E-state index contributed by atoms with van der Waals surface area (Å²) < 4.78 is 15.9. The van der Waals surface area contributed by atoms with Gasteiger partial charge in [0.1, 0.15) is 10.8 Å². The third kappa shape index (κ3) is 2.61. The number of aromatic nitrogens is 2. The normalized spacial score (nSPS) is 10.3. The van der Waals surface area contributed by atoms with Gasteiger partial charge in [-0.15, -0.1) is 10.2 Å². The van der Waals surface area contributed by atoms with Gasteiger partial charge in [0, 0.05) is 12.6 Å². The van der Waals surface area contributed by atoms with E-state index in [4.69, 9.17) is 19.9 Å². The Morgan fingerprint density at radius 3 is 2.16 bits per heavy atom. The van der Waals surface area contributed by atoms with Gasteiger partial charge in [0.25, 0.3) is 0 Å². The maximum atomic E-state index is 5.55. The molecule has 0 aliphatic heterocycles. The Bertz CT molecular complexity index is 571. The van der Waals surface area contributed by atoms with Gasteiger partial charge in [-0.25, -0.2) is 0 Å². The molecule has 0 saturated carbocycles. The minimum absolute atomic E-state index is 0.368. The Morgan fingerprint density at radius 2 is 1.63 bits per heavy atom. The number of ether oxygens (including phenoxy) is 3. The van der Waals surface area contributed by atoms with E-state index < -0.39 is 0 Å². The maximum absolute atomic E-state index is 5.55. The van der Waals surface area contributed by atoms with Crippen molar-refractivity contribution >= 4 is 11.3 Å². The molecule has 6 nitrogen and oxygen atoms in total. The Morgan fingerprint density at radius 1 is 1.00 bits per heavy atom. The van der Waals surface area contributed by atoms with Crippen LogP contribution in [0, 0.1) is 0 Å². The lowest BCUT2D eigenvalue weighted by Gasteiger charge is -2.12. The van der Waals surface area contributed by atoms with Crippen molar-refractivity contribution in [1.82, 2.24) is 10.2 Å². The Balaban J connectivity index is 2.54. The fourth-order valence-electron chi connectivity index (χ4n) is 1.64. The van der Waals surface area contributed by atoms with E-state index in [0.29, 0.717) is 23.8 Å². The van der Waals surface area contributed by atoms with E-state index in [-0.39, 0.29) is 0 Å². The SMILES string of the molecule is COc1cc(OC)c(-c2nnc(CN)s2)cc1OC. The van der Waals surface area contributed by atoms with Gasteiger partial charge in [0.15, 0.2) is 16.5 Å². The monoisotopic (exact) mass is 281 g/mol. The van der Waals surface area contributed by atoms with Crippen LogP contribution in [0.2, 0.25) is 0 Å². The number of nitrogens with zero attached hydrogens (tertiary/aromatic N) is 2. The van der Waals surface area contributed by atoms with Crippen LogP contribution in [-0.2, 0) is 6.54 Å². The van der Waals surface area contributed by atoms with E-state index in [1.165, 1.54) is 11.3 Å². The van der Waals surface area contributed by atoms with E-state index in [1.807, 2.05) is 6.07 Å². The smallest absolute Gasteiger partial charge is 0.164 e. The third-order valence-corrected chi connectivity index (χ3v) is 3.56. The predicted octanol–water partition coefficient (Wildman–Crippen LogP) is 1.69. The van der Waals surface area contributed by atoms with Crippen molar-refractivity contribution in [1.29, 1.82) is 0 Å². The summed E-state index contributed by atoms with van der Waals surface area (Å²) in [7, 11) is 4.75. The molecule has 0 unspecified atom stereocenters. The van der Waals surface area contributed by atoms with E-state index in [2.05, 4.69) is 10.2 Å². The Hall–Kier alpha value is -1.86. The minimum atomic E-state index is 0.368. The van der Waals surface area contributed by atoms with E-state index >= 15 is 0 Å². The molecule has 2 rings (SSSR count). The molecule has 0 amide bonds. The second-order valence-electron chi connectivity index (χ2n) is 3.61. The zero-order chi connectivity index (χ0) is 13.8. The number of benzene rings is 1. The maximum Gasteiger partial charge on any atom is 0.164 e. The van der Waals surface area contributed by atoms with Gasteiger partial charge in [-0.2, -0.15) is 0 Å². The Kier molecular flexibility index (Phi) is 4.18. The molecule has 0 bridgehead atoms. The molecule has 0 atom stereocenters. The topological polar surface area (TPSA) is 79.5 Å². The van der Waals surface area contributed by atoms with Crippen LogP contribution in [0.5, 0.6) is 17.2 Å². The van der Waals surface area contributed by atoms with Crippen molar-refractivity contribution in [2.75, 3.05) is 21.3 Å². The fraction of sp³-hybridized carbons (Fsp3) is 0.333. The molecule has 1 aromatic carbocycles. The molecule has 0 radical (unpaired) electrons. The standard InChI is InChI=1S/C12H15N3O3S/c1-16-8-5-10(18-3)9(17-2)4-7(8)12-15-14-11(6-13)19-12/h4-5H,6,13H2,1-3H3. The second kappa shape index (κ2) is 5.85. The number of hydrogen-bond donors (Lipinski definition) is 1. The first-order valence-electron chi connectivity index (χ1n) is 5.56. The molecule has 0 aliphatic rings. The van der Waals surface area contributed by atoms with Gasteiger partial charge in [-0.05, 0) is 6.07 Å². The molecule has 0 fully saturated rings. The van der Waals surface area contributed by atoms with E-state index in [1.54, 1.807) is 27.4 Å². The summed E-state index contributed by atoms with van der Waals surface area (Å²) in [6.45, 7) is 0.368. The fourth-order valence-corrected chi connectivity index (χ4v) is 2.38. The first kappa shape index (κ1) is 13.6. The molecule has 0 aliphatic carbocycles. The van der Waals surface area contributed by atoms with Crippen LogP contribution >= 0.6 is 11.3 Å². The third-order valence-electron chi connectivity index (χ3n) is 2.58. The van der Waals surface area contributed by atoms with Gasteiger partial charge in [0.2, 0.25) is 0 Å². The highest BCUT2D eigenvalue weighted by Gasteiger charge is 2.16. The second-order valence-corrected chi connectivity index (χ2v) is 4.67. The first-order valence-corrected chi connectivity index (χ1v) is 6.38. The summed E-state index contributed by atoms with van der Waals surface area (Å²) in [5.41, 5.74) is 6.35. The molecule has 19 heavy (non-hydrogen) atoms. The average Bonchev–Trinajstić information content (AvgIpc) is 2.94. The lowest BCUT2D eigenvalue weighted by Crippen LogP contribution is -1.94. The molecule has 2 aromatic rings. The van der Waals surface area contributed by atoms with Crippen LogP contribution < -0.4 is 19.9 Å². The van der Waals surface area contributed by atoms with E-state index in [9.17, 15) is 0 Å². The molecule has 7 heteroatoms. The van der Waals surface area contributed by atoms with Crippen LogP contribution in [0.25, 0.3) is 10.6 Å². The quantitative estimate of drug-likeness (QED) is 0.898. The van der Waals surface area contributed by atoms with Crippen molar-refractivity contribution in [3.05, 3.63) is 17.1 Å². The van der Waals surface area contributed by atoms with Crippen molar-refractivity contribution in [3.8, 4) is 27.8 Å². The highest BCUT2D eigenvalue weighted by atomic mass is 32.1. The zero-order valence-electron chi connectivity index (χ0n) is 11.0. The number of methoxy groups -OCH3 is 3. The zero-order valence-corrected chi connectivity index (χ0v) is 11.8. The van der Waals surface area contributed by atoms with Crippen molar-refractivity contribution in [2.24, 2.45) is 5.73 Å². The molecule has 0 saturated heterocycles. The van der Waals surface area contributed by atoms with E-state index in [0.717, 1.165) is 15.6 Å². The summed E-state index contributed by atoms with van der Waals surface area (Å²) in [5, 5.41) is 9.61. The summed E-state index contributed by atoms with van der Waals surface area (Å²) in [4.78, 5) is 0. The van der Waals surface area contributed by atoms with Crippen molar-refractivity contribution in [3.63, 3.8) is 0 Å². The Labute approximate surface area is 115 Å². The first-order chi connectivity index (χ1) is 9.23. The average molecular weight is 281 g/mol. The summed E-state index contributed by atoms with van der Waals surface area (Å²) in [6, 6.07) is 3.58. The largest absolute Gasteiger partial charge is 0.496 e.